The van der Waals surface area contributed by atoms with Crippen LogP contribution in [0.3, 0.4) is 0 Å². The largest absolute Gasteiger partial charge is 0.489 e. The van der Waals surface area contributed by atoms with Crippen molar-refractivity contribution in [2.24, 2.45) is 5.73 Å². The summed E-state index contributed by atoms with van der Waals surface area (Å²) in [5.74, 6) is -0.335. The molecule has 10 nitrogen and oxygen atoms in total. The minimum absolute atomic E-state index is 0.0981. The van der Waals surface area contributed by atoms with Crippen molar-refractivity contribution in [3.63, 3.8) is 0 Å². The van der Waals surface area contributed by atoms with Crippen LogP contribution < -0.4 is 15.8 Å². The molecule has 2 fully saturated rings. The van der Waals surface area contributed by atoms with Crippen molar-refractivity contribution in [2.75, 3.05) is 13.1 Å². The van der Waals surface area contributed by atoms with Crippen LogP contribution in [0.5, 0.6) is 5.75 Å². The fourth-order valence-electron chi connectivity index (χ4n) is 5.20. The Balaban J connectivity index is 1.16. The molecule has 10 heteroatoms. The van der Waals surface area contributed by atoms with E-state index in [2.05, 4.69) is 22.3 Å². The first-order valence-corrected chi connectivity index (χ1v) is 12.5. The summed E-state index contributed by atoms with van der Waals surface area (Å²) < 4.78 is 11.2. The summed E-state index contributed by atoms with van der Waals surface area (Å²) >= 11 is 0. The van der Waals surface area contributed by atoms with Gasteiger partial charge in [-0.15, -0.1) is 0 Å². The molecule has 1 atom stereocenters. The molecule has 3 N–H and O–H groups in total. The minimum Gasteiger partial charge on any atom is -0.489 e. The lowest BCUT2D eigenvalue weighted by Crippen LogP contribution is -2.52. The maximum atomic E-state index is 13.0. The molecular formula is C27H30N4O6. The first kappa shape index (κ1) is 24.8. The van der Waals surface area contributed by atoms with Crippen LogP contribution >= 0.6 is 0 Å². The highest BCUT2D eigenvalue weighted by atomic mass is 16.6. The van der Waals surface area contributed by atoms with E-state index in [1.807, 2.05) is 18.2 Å². The Kier molecular flexibility index (Phi) is 7.09. The number of fused-ring (bicyclic) bond motifs is 1. The van der Waals surface area contributed by atoms with Gasteiger partial charge in [-0.1, -0.05) is 30.3 Å². The normalized spacial score (nSPS) is 20.5. The number of benzene rings is 2. The Hall–Kier alpha value is -3.92. The predicted octanol–water partition coefficient (Wildman–Crippen LogP) is 2.09. The zero-order valence-corrected chi connectivity index (χ0v) is 20.5. The lowest BCUT2D eigenvalue weighted by atomic mass is 10.0. The van der Waals surface area contributed by atoms with Gasteiger partial charge in [0.2, 0.25) is 11.8 Å². The van der Waals surface area contributed by atoms with E-state index < -0.39 is 18.0 Å². The third kappa shape index (κ3) is 5.59. The fraction of sp³-hybridized carbons (Fsp3) is 0.407. The van der Waals surface area contributed by atoms with Crippen molar-refractivity contribution in [1.29, 1.82) is 0 Å². The average Bonchev–Trinajstić information content (AvgIpc) is 3.21. The lowest BCUT2D eigenvalue weighted by Gasteiger charge is -2.31. The Morgan fingerprint density at radius 1 is 1.00 bits per heavy atom. The molecule has 4 amide bonds. The summed E-state index contributed by atoms with van der Waals surface area (Å²) in [6.07, 6.45) is 1.29. The van der Waals surface area contributed by atoms with E-state index in [1.54, 1.807) is 12.1 Å². The molecule has 2 saturated heterocycles. The quantitative estimate of drug-likeness (QED) is 0.550. The van der Waals surface area contributed by atoms with Crippen LogP contribution in [-0.4, -0.2) is 58.8 Å². The third-order valence-corrected chi connectivity index (χ3v) is 7.18. The number of rotatable bonds is 7. The third-order valence-electron chi connectivity index (χ3n) is 7.18. The van der Waals surface area contributed by atoms with Crippen LogP contribution in [0.25, 0.3) is 0 Å². The maximum absolute atomic E-state index is 13.0. The molecule has 0 aliphatic carbocycles. The molecule has 0 saturated carbocycles. The molecule has 5 rings (SSSR count). The smallest absolute Gasteiger partial charge is 0.404 e. The molecule has 3 aliphatic rings. The predicted molar refractivity (Wildman–Crippen MR) is 132 cm³/mol. The zero-order valence-electron chi connectivity index (χ0n) is 20.5. The topological polar surface area (TPSA) is 131 Å². The molecule has 2 aromatic carbocycles. The van der Waals surface area contributed by atoms with Crippen LogP contribution in [0.1, 0.15) is 52.7 Å². The summed E-state index contributed by atoms with van der Waals surface area (Å²) in [4.78, 5) is 51.6. The van der Waals surface area contributed by atoms with E-state index in [1.165, 1.54) is 10.5 Å². The van der Waals surface area contributed by atoms with Crippen molar-refractivity contribution < 1.29 is 28.7 Å². The number of primary amides is 1. The Morgan fingerprint density at radius 3 is 2.43 bits per heavy atom. The number of hydrogen-bond acceptors (Lipinski definition) is 7. The van der Waals surface area contributed by atoms with Gasteiger partial charge in [-0.25, -0.2) is 4.79 Å². The number of carbonyl (C=O) groups excluding carboxylic acids is 4. The second-order valence-corrected chi connectivity index (χ2v) is 9.70. The van der Waals surface area contributed by atoms with Crippen molar-refractivity contribution in [1.82, 2.24) is 15.1 Å². The monoisotopic (exact) mass is 506 g/mol. The SMILES string of the molecule is NC(=O)OC1CCN(Cc2ccc(COc3cccc4c3CN(C3CCC(=O)NC3=O)C4=O)cc2)CC1. The number of nitrogens with one attached hydrogen (secondary N) is 1. The van der Waals surface area contributed by atoms with Gasteiger partial charge in [0.05, 0.1) is 6.54 Å². The van der Waals surface area contributed by atoms with Crippen molar-refractivity contribution in [3.05, 3.63) is 64.7 Å². The second kappa shape index (κ2) is 10.6. The summed E-state index contributed by atoms with van der Waals surface area (Å²) in [5, 5.41) is 2.33. The van der Waals surface area contributed by atoms with Crippen molar-refractivity contribution in [3.8, 4) is 5.75 Å². The van der Waals surface area contributed by atoms with E-state index in [9.17, 15) is 19.2 Å². The molecule has 37 heavy (non-hydrogen) atoms. The van der Waals surface area contributed by atoms with Crippen LogP contribution in [0, 0.1) is 0 Å². The summed E-state index contributed by atoms with van der Waals surface area (Å²) in [5.41, 5.74) is 8.59. The molecule has 3 heterocycles. The first-order valence-electron chi connectivity index (χ1n) is 12.5. The van der Waals surface area contributed by atoms with Gasteiger partial charge in [0, 0.05) is 37.2 Å². The highest BCUT2D eigenvalue weighted by Crippen LogP contribution is 2.34. The molecule has 0 spiro atoms. The number of hydrogen-bond donors (Lipinski definition) is 2. The lowest BCUT2D eigenvalue weighted by molar-refractivity contribution is -0.136. The van der Waals surface area contributed by atoms with Gasteiger partial charge in [0.25, 0.3) is 5.91 Å². The van der Waals surface area contributed by atoms with E-state index >= 15 is 0 Å². The first-order chi connectivity index (χ1) is 17.9. The molecule has 194 valence electrons. The maximum Gasteiger partial charge on any atom is 0.404 e. The standard InChI is InChI=1S/C27H30N4O6/c28-27(35)37-19-10-12-30(13-11-19)14-17-4-6-18(7-5-17)16-36-23-3-1-2-20-21(23)15-31(26(20)34)22-8-9-24(32)29-25(22)33/h1-7,19,22H,8-16H2,(H2,28,35)(H,29,32,33). The Bertz CT molecular complexity index is 1210. The van der Waals surface area contributed by atoms with Gasteiger partial charge in [0.1, 0.15) is 24.5 Å². The van der Waals surface area contributed by atoms with Gasteiger partial charge in [-0.05, 0) is 42.5 Å². The fourth-order valence-corrected chi connectivity index (χ4v) is 5.20. The van der Waals surface area contributed by atoms with Gasteiger partial charge in [0.15, 0.2) is 0 Å². The number of nitrogens with two attached hydrogens (primary N) is 1. The number of piperidine rings is 2. The number of imide groups is 1. The molecular weight excluding hydrogens is 476 g/mol. The van der Waals surface area contributed by atoms with Crippen LogP contribution in [-0.2, 0) is 34.0 Å². The van der Waals surface area contributed by atoms with E-state index in [4.69, 9.17) is 15.2 Å². The highest BCUT2D eigenvalue weighted by molar-refractivity contribution is 6.05. The molecule has 0 bridgehead atoms. The van der Waals surface area contributed by atoms with E-state index in [0.29, 0.717) is 24.3 Å². The van der Waals surface area contributed by atoms with Crippen molar-refractivity contribution >= 4 is 23.8 Å². The molecule has 1 unspecified atom stereocenters. The molecule has 0 aromatic heterocycles. The summed E-state index contributed by atoms with van der Waals surface area (Å²) in [6, 6.07) is 12.9. The number of amides is 4. The number of carbonyl (C=O) groups is 4. The van der Waals surface area contributed by atoms with Gasteiger partial charge in [-0.3, -0.25) is 24.6 Å². The minimum atomic E-state index is -0.713. The average molecular weight is 507 g/mol. The number of nitrogens with zero attached hydrogens (tertiary/aromatic N) is 2. The summed E-state index contributed by atoms with van der Waals surface area (Å²) in [6.45, 7) is 3.12. The van der Waals surface area contributed by atoms with Gasteiger partial charge < -0.3 is 20.1 Å². The van der Waals surface area contributed by atoms with Crippen LogP contribution in [0.2, 0.25) is 0 Å². The highest BCUT2D eigenvalue weighted by Gasteiger charge is 2.40. The number of ether oxygens (including phenoxy) is 2. The molecule has 0 radical (unpaired) electrons. The van der Waals surface area contributed by atoms with Crippen molar-refractivity contribution in [2.45, 2.75) is 57.5 Å². The van der Waals surface area contributed by atoms with E-state index in [-0.39, 0.29) is 30.9 Å². The zero-order chi connectivity index (χ0) is 25.9. The van der Waals surface area contributed by atoms with Crippen LogP contribution in [0.15, 0.2) is 42.5 Å². The molecule has 2 aromatic rings. The Labute approximate surface area is 214 Å². The van der Waals surface area contributed by atoms with Gasteiger partial charge in [-0.2, -0.15) is 0 Å². The summed E-state index contributed by atoms with van der Waals surface area (Å²) in [7, 11) is 0. The van der Waals surface area contributed by atoms with E-state index in [0.717, 1.165) is 43.6 Å². The molecule has 3 aliphatic heterocycles. The second-order valence-electron chi connectivity index (χ2n) is 9.70. The van der Waals surface area contributed by atoms with Crippen LogP contribution in [0.4, 0.5) is 4.79 Å². The Morgan fingerprint density at radius 2 is 1.73 bits per heavy atom. The number of likely N-dealkylation sites (tertiary alicyclic amines) is 1. The van der Waals surface area contributed by atoms with Gasteiger partial charge >= 0.3 is 6.09 Å².